The van der Waals surface area contributed by atoms with E-state index >= 15 is 0 Å². The van der Waals surface area contributed by atoms with Crippen molar-refractivity contribution in [3.8, 4) is 5.75 Å². The number of benzene rings is 1. The van der Waals surface area contributed by atoms with Gasteiger partial charge in [-0.25, -0.2) is 0 Å². The molecule has 1 aliphatic heterocycles. The predicted molar refractivity (Wildman–Crippen MR) is 74.0 cm³/mol. The Morgan fingerprint density at radius 2 is 1.78 bits per heavy atom. The lowest BCUT2D eigenvalue weighted by Gasteiger charge is -2.44. The van der Waals surface area contributed by atoms with Gasteiger partial charge in [0.15, 0.2) is 0 Å². The third-order valence-electron chi connectivity index (χ3n) is 4.32. The highest BCUT2D eigenvalue weighted by Crippen LogP contribution is 2.38. The first-order chi connectivity index (χ1) is 8.76. The number of hydrogen-bond donors (Lipinski definition) is 1. The second kappa shape index (κ2) is 4.81. The minimum atomic E-state index is 0.425. The molecule has 2 N–H and O–H groups in total. The number of anilines is 1. The van der Waals surface area contributed by atoms with E-state index in [1.54, 1.807) is 7.11 Å². The molecule has 3 heteroatoms. The van der Waals surface area contributed by atoms with Gasteiger partial charge in [-0.05, 0) is 43.2 Å². The molecule has 2 aliphatic rings. The maximum absolute atomic E-state index is 6.12. The fraction of sp³-hybridized carbons (Fsp3) is 0.600. The van der Waals surface area contributed by atoms with E-state index in [-0.39, 0.29) is 0 Å². The van der Waals surface area contributed by atoms with Gasteiger partial charge in [-0.3, -0.25) is 0 Å². The van der Waals surface area contributed by atoms with Gasteiger partial charge in [0.1, 0.15) is 5.75 Å². The van der Waals surface area contributed by atoms with Crippen LogP contribution in [0.2, 0.25) is 0 Å². The highest BCUT2D eigenvalue weighted by atomic mass is 16.5. The van der Waals surface area contributed by atoms with Crippen LogP contribution in [-0.4, -0.2) is 26.2 Å². The minimum absolute atomic E-state index is 0.425. The summed E-state index contributed by atoms with van der Waals surface area (Å²) >= 11 is 0. The largest absolute Gasteiger partial charge is 0.495 e. The summed E-state index contributed by atoms with van der Waals surface area (Å²) in [5, 5.41) is 0. The Bertz CT molecular complexity index is 403. The maximum atomic E-state index is 6.12. The lowest BCUT2D eigenvalue weighted by atomic mass is 9.75. The number of piperidine rings is 1. The molecular weight excluding hydrogens is 224 g/mol. The molecule has 2 unspecified atom stereocenters. The number of hydrogen-bond acceptors (Lipinski definition) is 3. The molecule has 98 valence electrons. The number of rotatable bonds is 2. The average Bonchev–Trinajstić information content (AvgIpc) is 2.37. The molecule has 1 aromatic carbocycles. The van der Waals surface area contributed by atoms with E-state index in [0.29, 0.717) is 6.04 Å². The minimum Gasteiger partial charge on any atom is -0.495 e. The second-order valence-electron chi connectivity index (χ2n) is 5.78. The third-order valence-corrected chi connectivity index (χ3v) is 4.32. The quantitative estimate of drug-likeness (QED) is 0.870. The Hall–Kier alpha value is -1.22. The molecule has 3 nitrogen and oxygen atoms in total. The van der Waals surface area contributed by atoms with Gasteiger partial charge in [0.25, 0.3) is 0 Å². The molecule has 3 rings (SSSR count). The number of para-hydroxylation sites is 2. The van der Waals surface area contributed by atoms with Crippen LogP contribution in [0.15, 0.2) is 24.3 Å². The van der Waals surface area contributed by atoms with Crippen LogP contribution in [0, 0.1) is 11.8 Å². The summed E-state index contributed by atoms with van der Waals surface area (Å²) in [4.78, 5) is 2.49. The summed E-state index contributed by atoms with van der Waals surface area (Å²) in [6.45, 7) is 2.26. The van der Waals surface area contributed by atoms with Crippen LogP contribution >= 0.6 is 0 Å². The molecule has 0 spiro atoms. The van der Waals surface area contributed by atoms with Gasteiger partial charge >= 0.3 is 0 Å². The first kappa shape index (κ1) is 11.8. The van der Waals surface area contributed by atoms with Crippen LogP contribution < -0.4 is 15.4 Å². The third kappa shape index (κ3) is 2.19. The molecule has 0 aromatic heterocycles. The van der Waals surface area contributed by atoms with Crippen molar-refractivity contribution in [1.29, 1.82) is 0 Å². The number of fused-ring (bicyclic) bond motifs is 2. The lowest BCUT2D eigenvalue weighted by molar-refractivity contribution is 0.208. The van der Waals surface area contributed by atoms with Crippen LogP contribution in [0.4, 0.5) is 5.69 Å². The number of nitrogens with zero attached hydrogens (tertiary/aromatic N) is 1. The van der Waals surface area contributed by atoms with Crippen molar-refractivity contribution < 1.29 is 4.74 Å². The zero-order chi connectivity index (χ0) is 12.5. The van der Waals surface area contributed by atoms with Crippen molar-refractivity contribution >= 4 is 5.69 Å². The summed E-state index contributed by atoms with van der Waals surface area (Å²) in [6, 6.07) is 8.76. The van der Waals surface area contributed by atoms with Crippen molar-refractivity contribution in [3.05, 3.63) is 24.3 Å². The second-order valence-corrected chi connectivity index (χ2v) is 5.78. The Labute approximate surface area is 109 Å². The van der Waals surface area contributed by atoms with Gasteiger partial charge in [0.2, 0.25) is 0 Å². The molecule has 0 radical (unpaired) electrons. The van der Waals surface area contributed by atoms with Gasteiger partial charge in [-0.15, -0.1) is 0 Å². The Balaban J connectivity index is 1.81. The van der Waals surface area contributed by atoms with Gasteiger partial charge < -0.3 is 15.4 Å². The fourth-order valence-corrected chi connectivity index (χ4v) is 3.70. The van der Waals surface area contributed by atoms with Crippen molar-refractivity contribution in [2.24, 2.45) is 17.6 Å². The zero-order valence-corrected chi connectivity index (χ0v) is 11.0. The molecule has 2 bridgehead atoms. The molecule has 18 heavy (non-hydrogen) atoms. The van der Waals surface area contributed by atoms with E-state index in [1.807, 2.05) is 12.1 Å². The van der Waals surface area contributed by atoms with E-state index < -0.39 is 0 Å². The van der Waals surface area contributed by atoms with Crippen molar-refractivity contribution in [3.63, 3.8) is 0 Å². The number of nitrogens with two attached hydrogens (primary N) is 1. The molecular formula is C15H22N2O. The monoisotopic (exact) mass is 246 g/mol. The molecule has 1 saturated carbocycles. The summed E-state index contributed by atoms with van der Waals surface area (Å²) in [6.07, 6.45) is 3.73. The van der Waals surface area contributed by atoms with Crippen molar-refractivity contribution in [2.45, 2.75) is 25.3 Å². The normalized spacial score (nSPS) is 31.2. The first-order valence-corrected chi connectivity index (χ1v) is 6.90. The van der Waals surface area contributed by atoms with Crippen LogP contribution in [-0.2, 0) is 0 Å². The van der Waals surface area contributed by atoms with Crippen molar-refractivity contribution in [1.82, 2.24) is 0 Å². The van der Waals surface area contributed by atoms with Crippen LogP contribution in [0.3, 0.4) is 0 Å². The molecule has 2 atom stereocenters. The summed E-state index contributed by atoms with van der Waals surface area (Å²) in [5.41, 5.74) is 7.36. The van der Waals surface area contributed by atoms with E-state index in [4.69, 9.17) is 10.5 Å². The number of ether oxygens (including phenoxy) is 1. The molecule has 0 amide bonds. The standard InChI is InChI=1S/C15H22N2O/c1-18-15-5-3-2-4-14(15)17-9-11-6-12(10-17)8-13(16)7-11/h2-5,11-13H,6-10,16H2,1H3. The van der Waals surface area contributed by atoms with Gasteiger partial charge in [0.05, 0.1) is 12.8 Å². The summed E-state index contributed by atoms with van der Waals surface area (Å²) in [7, 11) is 1.75. The van der Waals surface area contributed by atoms with E-state index in [0.717, 1.165) is 30.7 Å². The molecule has 1 saturated heterocycles. The number of methoxy groups -OCH3 is 1. The lowest BCUT2D eigenvalue weighted by Crippen LogP contribution is -2.47. The SMILES string of the molecule is COc1ccccc1N1CC2CC(N)CC(C2)C1. The van der Waals surface area contributed by atoms with E-state index in [1.165, 1.54) is 24.9 Å². The first-order valence-electron chi connectivity index (χ1n) is 6.90. The zero-order valence-electron chi connectivity index (χ0n) is 11.0. The van der Waals surface area contributed by atoms with Crippen LogP contribution in [0.25, 0.3) is 0 Å². The average molecular weight is 246 g/mol. The molecule has 1 aliphatic carbocycles. The summed E-state index contributed by atoms with van der Waals surface area (Å²) in [5.74, 6) is 2.51. The molecule has 1 aromatic rings. The highest BCUT2D eigenvalue weighted by molar-refractivity contribution is 5.58. The molecule has 2 fully saturated rings. The van der Waals surface area contributed by atoms with Gasteiger partial charge in [-0.2, -0.15) is 0 Å². The summed E-state index contributed by atoms with van der Waals surface area (Å²) < 4.78 is 5.48. The fourth-order valence-electron chi connectivity index (χ4n) is 3.70. The van der Waals surface area contributed by atoms with Gasteiger partial charge in [0, 0.05) is 19.1 Å². The van der Waals surface area contributed by atoms with Gasteiger partial charge in [-0.1, -0.05) is 12.1 Å². The highest BCUT2D eigenvalue weighted by Gasteiger charge is 2.34. The Morgan fingerprint density at radius 1 is 1.11 bits per heavy atom. The Kier molecular flexibility index (Phi) is 3.16. The van der Waals surface area contributed by atoms with E-state index in [2.05, 4.69) is 17.0 Å². The maximum Gasteiger partial charge on any atom is 0.142 e. The Morgan fingerprint density at radius 3 is 2.44 bits per heavy atom. The topological polar surface area (TPSA) is 38.5 Å². The predicted octanol–water partition coefficient (Wildman–Crippen LogP) is 2.26. The smallest absolute Gasteiger partial charge is 0.142 e. The van der Waals surface area contributed by atoms with E-state index in [9.17, 15) is 0 Å². The van der Waals surface area contributed by atoms with Crippen LogP contribution in [0.1, 0.15) is 19.3 Å². The van der Waals surface area contributed by atoms with Crippen LogP contribution in [0.5, 0.6) is 5.75 Å². The molecule has 1 heterocycles. The van der Waals surface area contributed by atoms with Crippen molar-refractivity contribution in [2.75, 3.05) is 25.1 Å².